The Morgan fingerprint density at radius 1 is 1.21 bits per heavy atom. The molecule has 0 saturated heterocycles. The van der Waals surface area contributed by atoms with Gasteiger partial charge in [-0.25, -0.2) is 0 Å². The Morgan fingerprint density at radius 3 is 2.83 bits per heavy atom. The predicted octanol–water partition coefficient (Wildman–Crippen LogP) is 3.11. The van der Waals surface area contributed by atoms with E-state index in [0.29, 0.717) is 12.6 Å². The van der Waals surface area contributed by atoms with E-state index < -0.39 is 0 Å². The van der Waals surface area contributed by atoms with Gasteiger partial charge < -0.3 is 10.1 Å². The highest BCUT2D eigenvalue weighted by atomic mass is 16.5. The lowest BCUT2D eigenvalue weighted by molar-refractivity contribution is 0.303. The number of nitrogens with zero attached hydrogens (tertiary/aromatic N) is 3. The minimum Gasteiger partial charge on any atom is -0.490 e. The summed E-state index contributed by atoms with van der Waals surface area (Å²) in [4.78, 5) is 4.41. The monoisotopic (exact) mass is 324 g/mol. The van der Waals surface area contributed by atoms with Crippen LogP contribution in [0.15, 0.2) is 42.6 Å². The van der Waals surface area contributed by atoms with Crippen LogP contribution in [0.5, 0.6) is 5.75 Å². The quantitative estimate of drug-likeness (QED) is 0.679. The average Bonchev–Trinajstić information content (AvgIpc) is 2.89. The maximum Gasteiger partial charge on any atom is 0.145 e. The highest BCUT2D eigenvalue weighted by Crippen LogP contribution is 2.22. The van der Waals surface area contributed by atoms with Crippen LogP contribution in [0.4, 0.5) is 0 Å². The number of nitrogens with one attached hydrogen (secondary N) is 1. The number of aryl methyl sites for hydroxylation is 2. The topological polar surface area (TPSA) is 52.0 Å². The van der Waals surface area contributed by atoms with Crippen LogP contribution < -0.4 is 10.1 Å². The number of pyridine rings is 1. The summed E-state index contributed by atoms with van der Waals surface area (Å²) >= 11 is 0. The number of fused-ring (bicyclic) bond motifs is 1. The van der Waals surface area contributed by atoms with Crippen LogP contribution in [0.25, 0.3) is 10.9 Å². The van der Waals surface area contributed by atoms with Crippen LogP contribution in [0.1, 0.15) is 18.3 Å². The molecular formula is C19H24N4O. The first-order valence-electron chi connectivity index (χ1n) is 8.34. The molecule has 0 aliphatic heterocycles. The Morgan fingerprint density at radius 2 is 2.04 bits per heavy atom. The average molecular weight is 324 g/mol. The van der Waals surface area contributed by atoms with Crippen LogP contribution in [0, 0.1) is 13.8 Å². The molecule has 3 rings (SSSR count). The van der Waals surface area contributed by atoms with Gasteiger partial charge in [-0.2, -0.15) is 5.10 Å². The van der Waals surface area contributed by atoms with E-state index in [4.69, 9.17) is 4.74 Å². The maximum absolute atomic E-state index is 5.90. The lowest BCUT2D eigenvalue weighted by Crippen LogP contribution is -2.34. The van der Waals surface area contributed by atoms with E-state index in [-0.39, 0.29) is 0 Å². The summed E-state index contributed by atoms with van der Waals surface area (Å²) in [5.74, 6) is 0.834. The smallest absolute Gasteiger partial charge is 0.145 e. The molecule has 0 fully saturated rings. The van der Waals surface area contributed by atoms with Gasteiger partial charge in [-0.3, -0.25) is 9.67 Å². The lowest BCUT2D eigenvalue weighted by atomic mass is 10.2. The van der Waals surface area contributed by atoms with E-state index >= 15 is 0 Å². The van der Waals surface area contributed by atoms with Crippen LogP contribution >= 0.6 is 0 Å². The van der Waals surface area contributed by atoms with Crippen molar-refractivity contribution in [3.63, 3.8) is 0 Å². The fourth-order valence-corrected chi connectivity index (χ4v) is 2.84. The van der Waals surface area contributed by atoms with Crippen LogP contribution in [0.3, 0.4) is 0 Å². The van der Waals surface area contributed by atoms with Gasteiger partial charge >= 0.3 is 0 Å². The number of aromatic nitrogens is 3. The zero-order valence-corrected chi connectivity index (χ0v) is 14.5. The second-order valence-corrected chi connectivity index (χ2v) is 6.14. The third-order valence-electron chi connectivity index (χ3n) is 4.00. The number of ether oxygens (including phenoxy) is 1. The molecule has 0 bridgehead atoms. The molecule has 3 aromatic rings. The molecule has 0 aliphatic rings. The Bertz CT molecular complexity index is 807. The summed E-state index contributed by atoms with van der Waals surface area (Å²) in [5.41, 5.74) is 3.17. The van der Waals surface area contributed by atoms with Crippen molar-refractivity contribution in [3.8, 4) is 5.75 Å². The Hall–Kier alpha value is -2.40. The summed E-state index contributed by atoms with van der Waals surface area (Å²) in [6, 6.07) is 12.4. The maximum atomic E-state index is 5.90. The van der Waals surface area contributed by atoms with E-state index in [1.807, 2.05) is 41.9 Å². The fraction of sp³-hybridized carbons (Fsp3) is 0.368. The van der Waals surface area contributed by atoms with E-state index in [0.717, 1.165) is 35.4 Å². The fourth-order valence-electron chi connectivity index (χ4n) is 2.84. The molecule has 0 radical (unpaired) electrons. The molecule has 0 saturated carbocycles. The number of hydrogen-bond acceptors (Lipinski definition) is 4. The van der Waals surface area contributed by atoms with Gasteiger partial charge in [-0.1, -0.05) is 18.2 Å². The third-order valence-corrected chi connectivity index (χ3v) is 4.00. The minimum atomic E-state index is 0.331. The van der Waals surface area contributed by atoms with E-state index in [2.05, 4.69) is 35.3 Å². The van der Waals surface area contributed by atoms with Crippen molar-refractivity contribution in [2.45, 2.75) is 33.4 Å². The molecule has 1 N–H and O–H groups in total. The van der Waals surface area contributed by atoms with Gasteiger partial charge in [0.05, 0.1) is 12.2 Å². The van der Waals surface area contributed by atoms with Crippen molar-refractivity contribution in [2.75, 3.05) is 13.2 Å². The first-order chi connectivity index (χ1) is 11.6. The van der Waals surface area contributed by atoms with Gasteiger partial charge in [0.1, 0.15) is 17.9 Å². The second-order valence-electron chi connectivity index (χ2n) is 6.14. The molecule has 126 valence electrons. The molecule has 0 spiro atoms. The zero-order valence-electron chi connectivity index (χ0n) is 14.5. The highest BCUT2D eigenvalue weighted by molar-refractivity contribution is 5.84. The molecule has 1 unspecified atom stereocenters. The Labute approximate surface area is 142 Å². The van der Waals surface area contributed by atoms with Crippen molar-refractivity contribution in [1.29, 1.82) is 0 Å². The van der Waals surface area contributed by atoms with Crippen molar-refractivity contribution < 1.29 is 4.74 Å². The van der Waals surface area contributed by atoms with Crippen LogP contribution in [0.2, 0.25) is 0 Å². The van der Waals surface area contributed by atoms with Gasteiger partial charge in [0.15, 0.2) is 0 Å². The summed E-state index contributed by atoms with van der Waals surface area (Å²) in [6.45, 7) is 8.52. The second kappa shape index (κ2) is 7.45. The zero-order chi connectivity index (χ0) is 16.9. The Balaban J connectivity index is 1.49. The van der Waals surface area contributed by atoms with Gasteiger partial charge in [0.25, 0.3) is 0 Å². The van der Waals surface area contributed by atoms with Crippen LogP contribution in [-0.4, -0.2) is 34.0 Å². The van der Waals surface area contributed by atoms with E-state index in [9.17, 15) is 0 Å². The van der Waals surface area contributed by atoms with Gasteiger partial charge in [0, 0.05) is 29.9 Å². The van der Waals surface area contributed by atoms with Gasteiger partial charge in [-0.05, 0) is 39.0 Å². The standard InChI is InChI=1S/C19H24N4O/c1-14-12-16(3)23(22-14)13-15(2)20-10-11-24-18-8-4-6-17-7-5-9-21-19(17)18/h4-9,12,15,20H,10-11,13H2,1-3H3. The van der Waals surface area contributed by atoms with E-state index in [1.165, 1.54) is 5.69 Å². The molecule has 5 heteroatoms. The number of benzene rings is 1. The van der Waals surface area contributed by atoms with Crippen molar-refractivity contribution in [3.05, 3.63) is 54.0 Å². The molecular weight excluding hydrogens is 300 g/mol. The summed E-state index contributed by atoms with van der Waals surface area (Å²) < 4.78 is 7.94. The number of rotatable bonds is 7. The normalized spacial score (nSPS) is 12.5. The summed E-state index contributed by atoms with van der Waals surface area (Å²) in [7, 11) is 0. The molecule has 5 nitrogen and oxygen atoms in total. The lowest BCUT2D eigenvalue weighted by Gasteiger charge is -2.15. The molecule has 2 heterocycles. The van der Waals surface area contributed by atoms with Crippen LogP contribution in [-0.2, 0) is 6.54 Å². The molecule has 24 heavy (non-hydrogen) atoms. The first kappa shape index (κ1) is 16.5. The summed E-state index contributed by atoms with van der Waals surface area (Å²) in [5, 5.41) is 9.07. The largest absolute Gasteiger partial charge is 0.490 e. The SMILES string of the molecule is Cc1cc(C)n(CC(C)NCCOc2cccc3cccnc23)n1. The Kier molecular flexibility index (Phi) is 5.11. The number of hydrogen-bond donors (Lipinski definition) is 1. The van der Waals surface area contributed by atoms with Gasteiger partial charge in [0.2, 0.25) is 0 Å². The molecule has 1 aromatic carbocycles. The van der Waals surface area contributed by atoms with E-state index in [1.54, 1.807) is 6.20 Å². The van der Waals surface area contributed by atoms with Crippen molar-refractivity contribution >= 4 is 10.9 Å². The van der Waals surface area contributed by atoms with Crippen molar-refractivity contribution in [2.24, 2.45) is 0 Å². The van der Waals surface area contributed by atoms with Crippen molar-refractivity contribution in [1.82, 2.24) is 20.1 Å². The highest BCUT2D eigenvalue weighted by Gasteiger charge is 2.07. The predicted molar refractivity (Wildman–Crippen MR) is 96.4 cm³/mol. The number of para-hydroxylation sites is 1. The molecule has 0 amide bonds. The first-order valence-corrected chi connectivity index (χ1v) is 8.34. The summed E-state index contributed by atoms with van der Waals surface area (Å²) in [6.07, 6.45) is 1.80. The van der Waals surface area contributed by atoms with Gasteiger partial charge in [-0.15, -0.1) is 0 Å². The third kappa shape index (κ3) is 3.92. The molecule has 1 atom stereocenters. The molecule has 2 aromatic heterocycles. The minimum absolute atomic E-state index is 0.331. The molecule has 0 aliphatic carbocycles.